The first-order valence-corrected chi connectivity index (χ1v) is 13.1. The summed E-state index contributed by atoms with van der Waals surface area (Å²) in [4.78, 5) is 0. The highest BCUT2D eigenvalue weighted by molar-refractivity contribution is 5.30. The molecule has 2 rings (SSSR count). The van der Waals surface area contributed by atoms with Gasteiger partial charge < -0.3 is 0 Å². The van der Waals surface area contributed by atoms with Crippen molar-refractivity contribution in [3.8, 4) is 0 Å². The molecule has 2 aliphatic carbocycles. The average molecular weight is 389 g/mol. The maximum Gasteiger partial charge on any atom is -0.00569 e. The lowest BCUT2D eigenvalue weighted by atomic mass is 9.65. The third kappa shape index (κ3) is 5.89. The number of allylic oxidation sites excluding steroid dienone is 2. The summed E-state index contributed by atoms with van der Waals surface area (Å²) in [5.74, 6) is 3.68. The molecule has 0 saturated heterocycles. The van der Waals surface area contributed by atoms with Gasteiger partial charge in [-0.15, -0.1) is 0 Å². The molecule has 1 fully saturated rings. The van der Waals surface area contributed by atoms with Crippen LogP contribution < -0.4 is 0 Å². The number of hydrogen-bond donors (Lipinski definition) is 0. The topological polar surface area (TPSA) is 0 Å². The molecule has 0 radical (unpaired) electrons. The quantitative estimate of drug-likeness (QED) is 0.422. The van der Waals surface area contributed by atoms with Gasteiger partial charge in [-0.1, -0.05) is 103 Å². The Kier molecular flexibility index (Phi) is 10.1. The third-order valence-electron chi connectivity index (χ3n) is 8.90. The van der Waals surface area contributed by atoms with Gasteiger partial charge in [-0.25, -0.2) is 0 Å². The van der Waals surface area contributed by atoms with Crippen molar-refractivity contribution in [2.24, 2.45) is 29.1 Å². The molecule has 0 aromatic heterocycles. The van der Waals surface area contributed by atoms with Gasteiger partial charge in [-0.3, -0.25) is 0 Å². The zero-order chi connectivity index (χ0) is 20.6. The number of fused-ring (bicyclic) bond motifs is 1. The molecule has 164 valence electrons. The van der Waals surface area contributed by atoms with E-state index >= 15 is 0 Å². The minimum absolute atomic E-state index is 0.525. The molecule has 5 atom stereocenters. The second kappa shape index (κ2) is 11.8. The largest absolute Gasteiger partial charge is 0.0704 e. The van der Waals surface area contributed by atoms with Crippen molar-refractivity contribution in [3.63, 3.8) is 0 Å². The fourth-order valence-corrected chi connectivity index (χ4v) is 7.22. The van der Waals surface area contributed by atoms with Crippen LogP contribution in [0.2, 0.25) is 0 Å². The predicted octanol–water partition coefficient (Wildman–Crippen LogP) is 9.73. The van der Waals surface area contributed by atoms with Crippen LogP contribution in [0, 0.1) is 29.1 Å². The highest BCUT2D eigenvalue weighted by Crippen LogP contribution is 2.58. The van der Waals surface area contributed by atoms with E-state index in [1.54, 1.807) is 11.1 Å². The lowest BCUT2D eigenvalue weighted by molar-refractivity contribution is 0.143. The molecule has 28 heavy (non-hydrogen) atoms. The van der Waals surface area contributed by atoms with Crippen molar-refractivity contribution in [1.82, 2.24) is 0 Å². The normalized spacial score (nSPS) is 37.1. The van der Waals surface area contributed by atoms with E-state index in [4.69, 9.17) is 0 Å². The second-order valence-electron chi connectivity index (χ2n) is 10.9. The van der Waals surface area contributed by atoms with E-state index in [-0.39, 0.29) is 0 Å². The zero-order valence-corrected chi connectivity index (χ0v) is 20.4. The Morgan fingerprint density at radius 2 is 1.29 bits per heavy atom. The Labute approximate surface area is 178 Å². The smallest absolute Gasteiger partial charge is 0.00569 e. The van der Waals surface area contributed by atoms with Gasteiger partial charge in [0.15, 0.2) is 0 Å². The van der Waals surface area contributed by atoms with Gasteiger partial charge in [0.1, 0.15) is 0 Å². The van der Waals surface area contributed by atoms with Crippen LogP contribution in [0.1, 0.15) is 138 Å². The van der Waals surface area contributed by atoms with Crippen LogP contribution in [0.3, 0.4) is 0 Å². The lowest BCUT2D eigenvalue weighted by Gasteiger charge is -2.40. The molecule has 1 saturated carbocycles. The number of hydrogen-bond acceptors (Lipinski definition) is 0. The minimum atomic E-state index is 0.525. The maximum absolute atomic E-state index is 2.51. The lowest BCUT2D eigenvalue weighted by Crippen LogP contribution is -2.31. The molecule has 0 heterocycles. The van der Waals surface area contributed by atoms with Gasteiger partial charge in [-0.2, -0.15) is 0 Å². The summed E-state index contributed by atoms with van der Waals surface area (Å²) in [5.41, 5.74) is 4.12. The Morgan fingerprint density at radius 1 is 0.750 bits per heavy atom. The summed E-state index contributed by atoms with van der Waals surface area (Å²) in [6.45, 7) is 14.9. The first-order valence-electron chi connectivity index (χ1n) is 13.1. The van der Waals surface area contributed by atoms with Crippen molar-refractivity contribution < 1.29 is 0 Å². The van der Waals surface area contributed by atoms with Crippen LogP contribution in [-0.4, -0.2) is 0 Å². The monoisotopic (exact) mass is 388 g/mol. The molecular formula is C28H52. The molecule has 0 heteroatoms. The Balaban J connectivity index is 2.11. The molecule has 0 amide bonds. The Morgan fingerprint density at radius 3 is 1.89 bits per heavy atom. The van der Waals surface area contributed by atoms with E-state index in [9.17, 15) is 0 Å². The van der Waals surface area contributed by atoms with Crippen LogP contribution in [0.25, 0.3) is 0 Å². The van der Waals surface area contributed by atoms with E-state index in [1.807, 2.05) is 0 Å². The van der Waals surface area contributed by atoms with Crippen molar-refractivity contribution in [1.29, 1.82) is 0 Å². The maximum atomic E-state index is 2.51. The summed E-state index contributed by atoms with van der Waals surface area (Å²) >= 11 is 0. The summed E-state index contributed by atoms with van der Waals surface area (Å²) in [6, 6.07) is 0. The minimum Gasteiger partial charge on any atom is -0.0704 e. The highest BCUT2D eigenvalue weighted by Gasteiger charge is 2.47. The summed E-state index contributed by atoms with van der Waals surface area (Å²) in [7, 11) is 0. The zero-order valence-electron chi connectivity index (χ0n) is 20.4. The molecule has 0 aliphatic heterocycles. The van der Waals surface area contributed by atoms with Crippen LogP contribution in [-0.2, 0) is 0 Å². The van der Waals surface area contributed by atoms with Crippen LogP contribution in [0.4, 0.5) is 0 Å². The molecule has 0 spiro atoms. The summed E-state index contributed by atoms with van der Waals surface area (Å²) < 4.78 is 0. The standard InChI is InChI=1S/C28H52/c1-7-20-28(8-2)25(6)24(5)26-18-15-14-17-23(4)21-22(3)16-12-10-9-11-13-19-27(26)28/h22-23,26-27H,7-21H2,1-6H3. The van der Waals surface area contributed by atoms with E-state index in [2.05, 4.69) is 41.5 Å². The molecule has 2 aliphatic rings. The molecule has 0 aromatic rings. The van der Waals surface area contributed by atoms with E-state index in [0.29, 0.717) is 5.41 Å². The van der Waals surface area contributed by atoms with Crippen molar-refractivity contribution in [2.45, 2.75) is 138 Å². The van der Waals surface area contributed by atoms with Gasteiger partial charge in [0.2, 0.25) is 0 Å². The molecule has 0 bridgehead atoms. The van der Waals surface area contributed by atoms with Gasteiger partial charge in [-0.05, 0) is 75.0 Å². The van der Waals surface area contributed by atoms with Gasteiger partial charge in [0, 0.05) is 0 Å². The van der Waals surface area contributed by atoms with Crippen LogP contribution in [0.15, 0.2) is 11.1 Å². The Hall–Kier alpha value is -0.260. The SMILES string of the molecule is CCCC1(CC)C(C)=C(C)C2CCCCC(C)CC(C)CCCCCCCC21. The van der Waals surface area contributed by atoms with Crippen molar-refractivity contribution >= 4 is 0 Å². The molecule has 0 nitrogen and oxygen atoms in total. The van der Waals surface area contributed by atoms with Crippen LogP contribution >= 0.6 is 0 Å². The van der Waals surface area contributed by atoms with Gasteiger partial charge in [0.05, 0.1) is 0 Å². The van der Waals surface area contributed by atoms with E-state index in [1.165, 1.54) is 96.3 Å². The highest BCUT2D eigenvalue weighted by atomic mass is 14.5. The van der Waals surface area contributed by atoms with E-state index < -0.39 is 0 Å². The predicted molar refractivity (Wildman–Crippen MR) is 127 cm³/mol. The second-order valence-corrected chi connectivity index (χ2v) is 10.9. The summed E-state index contributed by atoms with van der Waals surface area (Å²) in [6.07, 6.45) is 21.7. The first-order chi connectivity index (χ1) is 13.5. The fraction of sp³-hybridized carbons (Fsp3) is 0.929. The molecular weight excluding hydrogens is 336 g/mol. The fourth-order valence-electron chi connectivity index (χ4n) is 7.22. The summed E-state index contributed by atoms with van der Waals surface area (Å²) in [5, 5.41) is 0. The molecule has 5 unspecified atom stereocenters. The molecule has 0 N–H and O–H groups in total. The van der Waals surface area contributed by atoms with Crippen molar-refractivity contribution in [3.05, 3.63) is 11.1 Å². The Bertz CT molecular complexity index is 472. The van der Waals surface area contributed by atoms with Gasteiger partial charge >= 0.3 is 0 Å². The molecule has 0 aromatic carbocycles. The van der Waals surface area contributed by atoms with E-state index in [0.717, 1.165) is 23.7 Å². The van der Waals surface area contributed by atoms with Crippen LogP contribution in [0.5, 0.6) is 0 Å². The third-order valence-corrected chi connectivity index (χ3v) is 8.90. The first kappa shape index (κ1) is 24.0. The van der Waals surface area contributed by atoms with Crippen molar-refractivity contribution in [2.75, 3.05) is 0 Å². The number of rotatable bonds is 3. The average Bonchev–Trinajstić information content (AvgIpc) is 2.86. The van der Waals surface area contributed by atoms with Gasteiger partial charge in [0.25, 0.3) is 0 Å².